The van der Waals surface area contributed by atoms with Crippen molar-refractivity contribution in [2.75, 3.05) is 27.2 Å². The zero-order valence-electron chi connectivity index (χ0n) is 8.35. The van der Waals surface area contributed by atoms with Crippen molar-refractivity contribution in [1.29, 1.82) is 0 Å². The Bertz CT molecular complexity index is 75.6. The highest BCUT2D eigenvalue weighted by Gasteiger charge is 2.13. The number of piperidine rings is 1. The van der Waals surface area contributed by atoms with Crippen LogP contribution in [0.4, 0.5) is 0 Å². The van der Waals surface area contributed by atoms with E-state index in [0.29, 0.717) is 0 Å². The van der Waals surface area contributed by atoms with Crippen LogP contribution in [0.5, 0.6) is 0 Å². The summed E-state index contributed by atoms with van der Waals surface area (Å²) >= 11 is 0. The molecule has 1 saturated heterocycles. The minimum Gasteiger partial charge on any atom is -0.317 e. The van der Waals surface area contributed by atoms with Gasteiger partial charge in [-0.05, 0) is 40.0 Å². The van der Waals surface area contributed by atoms with E-state index in [9.17, 15) is 0 Å². The zero-order chi connectivity index (χ0) is 8.69. The van der Waals surface area contributed by atoms with Gasteiger partial charge < -0.3 is 10.2 Å². The standard InChI is InChI=1S/C7H16N2.C2H6/c1-8-7-3-5-9(2)6-4-7;1-2/h7-8H,3-6H2,1-2H3;1-2H3. The highest BCUT2D eigenvalue weighted by atomic mass is 15.1. The van der Waals surface area contributed by atoms with Crippen LogP contribution in [0.2, 0.25) is 0 Å². The molecule has 0 aromatic carbocycles. The smallest absolute Gasteiger partial charge is 0.00884 e. The molecule has 0 spiro atoms. The number of nitrogens with zero attached hydrogens (tertiary/aromatic N) is 1. The molecular formula is C9H22N2. The van der Waals surface area contributed by atoms with E-state index in [1.807, 2.05) is 13.8 Å². The average Bonchev–Trinajstić information content (AvgIpc) is 2.10. The van der Waals surface area contributed by atoms with Crippen LogP contribution >= 0.6 is 0 Å². The molecule has 0 atom stereocenters. The van der Waals surface area contributed by atoms with Crippen molar-refractivity contribution in [1.82, 2.24) is 10.2 Å². The first-order valence-corrected chi connectivity index (χ1v) is 4.68. The molecule has 68 valence electrons. The molecule has 1 aliphatic rings. The summed E-state index contributed by atoms with van der Waals surface area (Å²) in [4.78, 5) is 2.38. The van der Waals surface area contributed by atoms with Gasteiger partial charge in [-0.2, -0.15) is 0 Å². The molecule has 0 bridgehead atoms. The predicted molar refractivity (Wildman–Crippen MR) is 50.9 cm³/mol. The van der Waals surface area contributed by atoms with E-state index >= 15 is 0 Å². The van der Waals surface area contributed by atoms with Crippen LogP contribution in [0.25, 0.3) is 0 Å². The second-order valence-corrected chi connectivity index (χ2v) is 2.87. The van der Waals surface area contributed by atoms with Gasteiger partial charge in [0.05, 0.1) is 0 Å². The summed E-state index contributed by atoms with van der Waals surface area (Å²) in [6.45, 7) is 6.51. The Morgan fingerprint density at radius 3 is 2.00 bits per heavy atom. The Balaban J connectivity index is 0.000000461. The zero-order valence-corrected chi connectivity index (χ0v) is 8.35. The molecule has 0 aromatic heterocycles. The monoisotopic (exact) mass is 158 g/mol. The summed E-state index contributed by atoms with van der Waals surface area (Å²) in [6.07, 6.45) is 2.62. The van der Waals surface area contributed by atoms with Gasteiger partial charge in [-0.25, -0.2) is 0 Å². The van der Waals surface area contributed by atoms with Crippen molar-refractivity contribution >= 4 is 0 Å². The van der Waals surface area contributed by atoms with Crippen molar-refractivity contribution in [2.24, 2.45) is 0 Å². The van der Waals surface area contributed by atoms with E-state index in [1.54, 1.807) is 0 Å². The maximum absolute atomic E-state index is 3.30. The maximum atomic E-state index is 3.30. The van der Waals surface area contributed by atoms with Gasteiger partial charge in [-0.1, -0.05) is 13.8 Å². The van der Waals surface area contributed by atoms with Gasteiger partial charge >= 0.3 is 0 Å². The van der Waals surface area contributed by atoms with Crippen molar-refractivity contribution in [3.8, 4) is 0 Å². The molecule has 1 aliphatic heterocycles. The van der Waals surface area contributed by atoms with Crippen LogP contribution < -0.4 is 5.32 Å². The lowest BCUT2D eigenvalue weighted by Crippen LogP contribution is -2.39. The fourth-order valence-corrected chi connectivity index (χ4v) is 1.30. The highest BCUT2D eigenvalue weighted by molar-refractivity contribution is 4.73. The molecular weight excluding hydrogens is 136 g/mol. The third kappa shape index (κ3) is 4.38. The molecule has 2 nitrogen and oxygen atoms in total. The van der Waals surface area contributed by atoms with Crippen molar-refractivity contribution < 1.29 is 0 Å². The van der Waals surface area contributed by atoms with E-state index in [2.05, 4.69) is 24.3 Å². The first kappa shape index (κ1) is 10.9. The van der Waals surface area contributed by atoms with Gasteiger partial charge in [0.15, 0.2) is 0 Å². The van der Waals surface area contributed by atoms with E-state index in [0.717, 1.165) is 6.04 Å². The van der Waals surface area contributed by atoms with Crippen LogP contribution in [0.15, 0.2) is 0 Å². The summed E-state index contributed by atoms with van der Waals surface area (Å²) in [6, 6.07) is 0.779. The molecule has 1 N–H and O–H groups in total. The van der Waals surface area contributed by atoms with Crippen molar-refractivity contribution in [2.45, 2.75) is 32.7 Å². The van der Waals surface area contributed by atoms with Crippen LogP contribution in [0, 0.1) is 0 Å². The molecule has 1 heterocycles. The molecule has 1 fully saturated rings. The summed E-state index contributed by atoms with van der Waals surface area (Å²) in [5.74, 6) is 0. The fourth-order valence-electron chi connectivity index (χ4n) is 1.30. The lowest BCUT2D eigenvalue weighted by atomic mass is 10.1. The molecule has 0 saturated carbocycles. The second-order valence-electron chi connectivity index (χ2n) is 2.87. The molecule has 0 unspecified atom stereocenters. The normalized spacial score (nSPS) is 20.7. The Morgan fingerprint density at radius 1 is 1.18 bits per heavy atom. The Morgan fingerprint density at radius 2 is 1.64 bits per heavy atom. The molecule has 2 heteroatoms. The first-order chi connectivity index (χ1) is 5.33. The number of rotatable bonds is 1. The van der Waals surface area contributed by atoms with Gasteiger partial charge in [0.25, 0.3) is 0 Å². The molecule has 11 heavy (non-hydrogen) atoms. The lowest BCUT2D eigenvalue weighted by Gasteiger charge is -2.28. The van der Waals surface area contributed by atoms with Crippen molar-refractivity contribution in [3.63, 3.8) is 0 Å². The van der Waals surface area contributed by atoms with Gasteiger partial charge in [0.2, 0.25) is 0 Å². The number of nitrogens with one attached hydrogen (secondary N) is 1. The van der Waals surface area contributed by atoms with E-state index in [-0.39, 0.29) is 0 Å². The molecule has 1 rings (SSSR count). The predicted octanol–water partition coefficient (Wildman–Crippen LogP) is 1.33. The first-order valence-electron chi connectivity index (χ1n) is 4.68. The van der Waals surface area contributed by atoms with Crippen LogP contribution in [0.1, 0.15) is 26.7 Å². The minimum absolute atomic E-state index is 0.779. The quantitative estimate of drug-likeness (QED) is 0.619. The van der Waals surface area contributed by atoms with E-state index in [1.165, 1.54) is 25.9 Å². The number of likely N-dealkylation sites (tertiary alicyclic amines) is 1. The Hall–Kier alpha value is -0.0800. The van der Waals surface area contributed by atoms with Crippen LogP contribution in [-0.2, 0) is 0 Å². The second kappa shape index (κ2) is 6.62. The fraction of sp³-hybridized carbons (Fsp3) is 1.00. The average molecular weight is 158 g/mol. The summed E-state index contributed by atoms with van der Waals surface area (Å²) in [5, 5.41) is 3.30. The molecule has 0 aromatic rings. The van der Waals surface area contributed by atoms with Gasteiger partial charge in [-0.3, -0.25) is 0 Å². The number of hydrogen-bond acceptors (Lipinski definition) is 2. The SMILES string of the molecule is CC.CNC1CCN(C)CC1. The van der Waals surface area contributed by atoms with Crippen molar-refractivity contribution in [3.05, 3.63) is 0 Å². The topological polar surface area (TPSA) is 15.3 Å². The number of hydrogen-bond donors (Lipinski definition) is 1. The Kier molecular flexibility index (Phi) is 6.57. The highest BCUT2D eigenvalue weighted by Crippen LogP contribution is 2.06. The van der Waals surface area contributed by atoms with E-state index in [4.69, 9.17) is 0 Å². The van der Waals surface area contributed by atoms with Gasteiger partial charge in [0, 0.05) is 6.04 Å². The molecule has 0 radical (unpaired) electrons. The molecule has 0 aliphatic carbocycles. The Labute approximate surface area is 71.0 Å². The maximum Gasteiger partial charge on any atom is 0.00884 e. The minimum atomic E-state index is 0.779. The van der Waals surface area contributed by atoms with Crippen LogP contribution in [0.3, 0.4) is 0 Å². The van der Waals surface area contributed by atoms with Crippen LogP contribution in [-0.4, -0.2) is 38.1 Å². The largest absolute Gasteiger partial charge is 0.317 e. The van der Waals surface area contributed by atoms with Gasteiger partial charge in [-0.15, -0.1) is 0 Å². The summed E-state index contributed by atoms with van der Waals surface area (Å²) < 4.78 is 0. The molecule has 0 amide bonds. The summed E-state index contributed by atoms with van der Waals surface area (Å²) in [7, 11) is 4.24. The summed E-state index contributed by atoms with van der Waals surface area (Å²) in [5.41, 5.74) is 0. The van der Waals surface area contributed by atoms with E-state index < -0.39 is 0 Å². The third-order valence-corrected chi connectivity index (χ3v) is 2.13. The lowest BCUT2D eigenvalue weighted by molar-refractivity contribution is 0.240. The van der Waals surface area contributed by atoms with Gasteiger partial charge in [0.1, 0.15) is 0 Å². The third-order valence-electron chi connectivity index (χ3n) is 2.13.